The predicted octanol–water partition coefficient (Wildman–Crippen LogP) is 6.40. The van der Waals surface area contributed by atoms with E-state index in [1.165, 1.54) is 47.9 Å². The van der Waals surface area contributed by atoms with Crippen molar-refractivity contribution in [1.82, 2.24) is 0 Å². The molecule has 0 aliphatic heterocycles. The molecule has 0 N–H and O–H groups in total. The van der Waals surface area contributed by atoms with Gasteiger partial charge in [0.2, 0.25) is 0 Å². The van der Waals surface area contributed by atoms with Crippen molar-refractivity contribution >= 4 is 38.9 Å². The molecular formula is C16H20BrClS. The maximum absolute atomic E-state index is 7.02. The van der Waals surface area contributed by atoms with Gasteiger partial charge in [0.25, 0.3) is 0 Å². The van der Waals surface area contributed by atoms with Crippen LogP contribution >= 0.6 is 38.9 Å². The van der Waals surface area contributed by atoms with Gasteiger partial charge in [0.05, 0.1) is 5.38 Å². The second-order valence-electron chi connectivity index (χ2n) is 7.63. The predicted molar refractivity (Wildman–Crippen MR) is 85.8 cm³/mol. The first-order chi connectivity index (χ1) is 9.00. The van der Waals surface area contributed by atoms with Crippen LogP contribution in [-0.2, 0) is 0 Å². The molecule has 3 atom stereocenters. The lowest BCUT2D eigenvalue weighted by Crippen LogP contribution is -2.52. The Hall–Kier alpha value is 0.470. The quantitative estimate of drug-likeness (QED) is 0.536. The Morgan fingerprint density at radius 3 is 2.53 bits per heavy atom. The van der Waals surface area contributed by atoms with Crippen LogP contribution in [0.4, 0.5) is 0 Å². The molecular weight excluding hydrogens is 340 g/mol. The summed E-state index contributed by atoms with van der Waals surface area (Å²) in [5.41, 5.74) is 0.967. The van der Waals surface area contributed by atoms with Gasteiger partial charge in [-0.25, -0.2) is 0 Å². The van der Waals surface area contributed by atoms with Crippen LogP contribution in [0.5, 0.6) is 0 Å². The molecule has 1 aromatic heterocycles. The van der Waals surface area contributed by atoms with Crippen molar-refractivity contribution in [2.75, 3.05) is 0 Å². The molecule has 1 aromatic rings. The molecule has 0 spiro atoms. The smallest absolute Gasteiger partial charge is 0.0746 e. The Morgan fingerprint density at radius 2 is 2.00 bits per heavy atom. The van der Waals surface area contributed by atoms with Gasteiger partial charge in [0, 0.05) is 9.35 Å². The molecule has 4 aliphatic rings. The average molecular weight is 360 g/mol. The van der Waals surface area contributed by atoms with Gasteiger partial charge in [-0.2, -0.15) is 0 Å². The summed E-state index contributed by atoms with van der Waals surface area (Å²) < 4.78 is 1.22. The molecule has 0 nitrogen and oxygen atoms in total. The van der Waals surface area contributed by atoms with Crippen LogP contribution in [0, 0.1) is 22.7 Å². The lowest BCUT2D eigenvalue weighted by atomic mass is 9.44. The molecule has 4 bridgehead atoms. The van der Waals surface area contributed by atoms with Gasteiger partial charge in [0.1, 0.15) is 0 Å². The van der Waals surface area contributed by atoms with E-state index in [-0.39, 0.29) is 5.38 Å². The van der Waals surface area contributed by atoms with Gasteiger partial charge in [-0.05, 0) is 88.6 Å². The topological polar surface area (TPSA) is 0 Å². The fraction of sp³-hybridized carbons (Fsp3) is 0.750. The van der Waals surface area contributed by atoms with Gasteiger partial charge in [-0.3, -0.25) is 0 Å². The third kappa shape index (κ3) is 1.97. The van der Waals surface area contributed by atoms with Gasteiger partial charge in [-0.1, -0.05) is 6.92 Å². The molecule has 4 fully saturated rings. The van der Waals surface area contributed by atoms with E-state index in [9.17, 15) is 0 Å². The van der Waals surface area contributed by atoms with Crippen molar-refractivity contribution in [2.45, 2.75) is 50.8 Å². The summed E-state index contributed by atoms with van der Waals surface area (Å²) in [6.45, 7) is 2.52. The third-order valence-electron chi connectivity index (χ3n) is 5.81. The summed E-state index contributed by atoms with van der Waals surface area (Å²) >= 11 is 12.5. The summed E-state index contributed by atoms with van der Waals surface area (Å²) in [6.07, 6.45) is 8.49. The Balaban J connectivity index is 1.72. The zero-order valence-corrected chi connectivity index (χ0v) is 14.5. The summed E-state index contributed by atoms with van der Waals surface area (Å²) in [4.78, 5) is 1.37. The maximum Gasteiger partial charge on any atom is 0.0746 e. The number of hydrogen-bond donors (Lipinski definition) is 0. The van der Waals surface area contributed by atoms with Crippen LogP contribution in [0.15, 0.2) is 15.9 Å². The second kappa shape index (κ2) is 4.24. The van der Waals surface area contributed by atoms with E-state index in [0.717, 1.165) is 11.8 Å². The van der Waals surface area contributed by atoms with Gasteiger partial charge < -0.3 is 0 Å². The molecule has 5 rings (SSSR count). The SMILES string of the molecule is CC12CC3CC(C1)CC(C(Cl)c1sccc1Br)(C3)C2. The van der Waals surface area contributed by atoms with E-state index in [0.29, 0.717) is 10.8 Å². The van der Waals surface area contributed by atoms with Crippen molar-refractivity contribution in [3.63, 3.8) is 0 Å². The van der Waals surface area contributed by atoms with Crippen LogP contribution in [0.25, 0.3) is 0 Å². The largest absolute Gasteiger partial charge is 0.146 e. The zero-order chi connectivity index (χ0) is 13.3. The first kappa shape index (κ1) is 13.2. The molecule has 0 radical (unpaired) electrons. The average Bonchev–Trinajstić information content (AvgIpc) is 2.71. The fourth-order valence-electron chi connectivity index (χ4n) is 5.86. The summed E-state index contributed by atoms with van der Waals surface area (Å²) in [6, 6.07) is 2.15. The molecule has 1 heterocycles. The lowest BCUT2D eigenvalue weighted by Gasteiger charge is -2.62. The van der Waals surface area contributed by atoms with Crippen molar-refractivity contribution in [2.24, 2.45) is 22.7 Å². The lowest BCUT2D eigenvalue weighted by molar-refractivity contribution is -0.103. The number of hydrogen-bond acceptors (Lipinski definition) is 1. The standard InChI is InChI=1S/C16H20BrClS/c1-15-5-10-4-11(6-15)8-16(7-10,9-15)14(18)13-12(17)2-3-19-13/h2-3,10-11,14H,4-9H2,1H3. The van der Waals surface area contributed by atoms with Gasteiger partial charge >= 0.3 is 0 Å². The van der Waals surface area contributed by atoms with E-state index >= 15 is 0 Å². The Morgan fingerprint density at radius 1 is 1.32 bits per heavy atom. The van der Waals surface area contributed by atoms with Crippen LogP contribution < -0.4 is 0 Å². The minimum Gasteiger partial charge on any atom is -0.146 e. The first-order valence-electron chi connectivity index (χ1n) is 7.37. The highest BCUT2D eigenvalue weighted by Gasteiger charge is 2.58. The Kier molecular flexibility index (Phi) is 2.93. The summed E-state index contributed by atoms with van der Waals surface area (Å²) in [5.74, 6) is 1.90. The van der Waals surface area contributed by atoms with Crippen molar-refractivity contribution in [1.29, 1.82) is 0 Å². The van der Waals surface area contributed by atoms with Crippen LogP contribution in [0.3, 0.4) is 0 Å². The molecule has 4 saturated carbocycles. The van der Waals surface area contributed by atoms with Crippen molar-refractivity contribution in [3.05, 3.63) is 20.8 Å². The molecule has 3 heteroatoms. The van der Waals surface area contributed by atoms with Crippen LogP contribution in [0.1, 0.15) is 55.7 Å². The molecule has 0 saturated heterocycles. The van der Waals surface area contributed by atoms with Gasteiger partial charge in [-0.15, -0.1) is 22.9 Å². The highest BCUT2D eigenvalue weighted by atomic mass is 79.9. The van der Waals surface area contributed by atoms with E-state index in [1.807, 2.05) is 11.3 Å². The van der Waals surface area contributed by atoms with Crippen LogP contribution in [-0.4, -0.2) is 0 Å². The van der Waals surface area contributed by atoms with Crippen molar-refractivity contribution < 1.29 is 0 Å². The third-order valence-corrected chi connectivity index (χ3v) is 8.56. The van der Waals surface area contributed by atoms with E-state index < -0.39 is 0 Å². The Bertz CT molecular complexity index is 495. The van der Waals surface area contributed by atoms with E-state index in [1.54, 1.807) is 0 Å². The minimum atomic E-state index is 0.215. The number of thiophene rings is 1. The first-order valence-corrected chi connectivity index (χ1v) is 9.48. The number of alkyl halides is 1. The summed E-state index contributed by atoms with van der Waals surface area (Å²) in [5, 5.41) is 2.38. The highest BCUT2D eigenvalue weighted by Crippen LogP contribution is 2.69. The molecule has 0 aromatic carbocycles. The highest BCUT2D eigenvalue weighted by molar-refractivity contribution is 9.10. The second-order valence-corrected chi connectivity index (χ2v) is 9.87. The van der Waals surface area contributed by atoms with Crippen LogP contribution in [0.2, 0.25) is 0 Å². The molecule has 3 unspecified atom stereocenters. The summed E-state index contributed by atoms with van der Waals surface area (Å²) in [7, 11) is 0. The maximum atomic E-state index is 7.02. The monoisotopic (exact) mass is 358 g/mol. The fourth-order valence-corrected chi connectivity index (χ4v) is 8.24. The number of halogens is 2. The Labute approximate surface area is 133 Å². The molecule has 104 valence electrons. The van der Waals surface area contributed by atoms with Crippen molar-refractivity contribution in [3.8, 4) is 0 Å². The molecule has 0 amide bonds. The normalized spacial score (nSPS) is 45.6. The minimum absolute atomic E-state index is 0.215. The zero-order valence-electron chi connectivity index (χ0n) is 11.3. The van der Waals surface area contributed by atoms with Gasteiger partial charge in [0.15, 0.2) is 0 Å². The number of rotatable bonds is 2. The molecule has 4 aliphatic carbocycles. The van der Waals surface area contributed by atoms with E-state index in [4.69, 9.17) is 11.6 Å². The molecule has 19 heavy (non-hydrogen) atoms. The van der Waals surface area contributed by atoms with E-state index in [2.05, 4.69) is 34.3 Å².